The minimum atomic E-state index is -3.96. The largest absolute Gasteiger partial charge is 0.297 e. The Balaban J connectivity index is 1.29. The van der Waals surface area contributed by atoms with Crippen LogP contribution in [0.2, 0.25) is 0 Å². The molecule has 8 fully saturated rings. The Bertz CT molecular complexity index is 1060. The first-order valence-corrected chi connectivity index (χ1v) is 14.0. The molecule has 1 aromatic carbocycles. The van der Waals surface area contributed by atoms with E-state index in [1.807, 2.05) is 19.1 Å². The molecule has 0 amide bonds. The summed E-state index contributed by atoms with van der Waals surface area (Å²) in [7, 11) is -3.96. The molecule has 5 atom stereocenters. The average Bonchev–Trinajstić information content (AvgIpc) is 2.72. The van der Waals surface area contributed by atoms with Crippen molar-refractivity contribution in [2.75, 3.05) is 0 Å². The number of rotatable bonds is 3. The molecule has 8 aliphatic rings. The zero-order chi connectivity index (χ0) is 21.8. The standard InChI is InChI=1S/C27H34O3S/c1-15-2-4-23(5-3-15)31(28,29)30-27-22-12-18-11-21(14-22)26(24(27)13-18)25-19-7-16-6-17(9-19)10-20(25)8-16/h2-5,16-22,24,27H,6-14H2,1H3/t16?,17?,18-,19?,20?,21+,22-,24+,27-/m1/s1/i27D. The first kappa shape index (κ1) is 18.3. The van der Waals surface area contributed by atoms with Crippen molar-refractivity contribution in [3.8, 4) is 0 Å². The van der Waals surface area contributed by atoms with Crippen LogP contribution in [0.15, 0.2) is 40.3 Å². The van der Waals surface area contributed by atoms with Crippen LogP contribution in [-0.2, 0) is 14.3 Å². The van der Waals surface area contributed by atoms with Gasteiger partial charge in [-0.1, -0.05) is 28.8 Å². The van der Waals surface area contributed by atoms with Gasteiger partial charge in [0.2, 0.25) is 0 Å². The lowest BCUT2D eigenvalue weighted by Gasteiger charge is -2.59. The minimum absolute atomic E-state index is 0.0337. The molecule has 0 spiro atoms. The van der Waals surface area contributed by atoms with Gasteiger partial charge < -0.3 is 0 Å². The molecular weight excluding hydrogens is 404 g/mol. The molecule has 8 saturated carbocycles. The highest BCUT2D eigenvalue weighted by atomic mass is 32.2. The maximum absolute atomic E-state index is 13.3. The zero-order valence-electron chi connectivity index (χ0n) is 19.4. The second kappa shape index (κ2) is 6.70. The van der Waals surface area contributed by atoms with Gasteiger partial charge in [-0.3, -0.25) is 4.18 Å². The average molecular weight is 440 g/mol. The van der Waals surface area contributed by atoms with Crippen LogP contribution in [0.4, 0.5) is 0 Å². The van der Waals surface area contributed by atoms with Crippen molar-refractivity contribution in [1.29, 1.82) is 0 Å². The van der Waals surface area contributed by atoms with Gasteiger partial charge in [-0.05, 0) is 118 Å². The normalized spacial score (nSPS) is 47.8. The molecule has 4 heteroatoms. The van der Waals surface area contributed by atoms with Crippen molar-refractivity contribution in [1.82, 2.24) is 0 Å². The van der Waals surface area contributed by atoms with Gasteiger partial charge >= 0.3 is 0 Å². The summed E-state index contributed by atoms with van der Waals surface area (Å²) in [5.41, 5.74) is 4.23. The molecule has 31 heavy (non-hydrogen) atoms. The molecule has 0 unspecified atom stereocenters. The van der Waals surface area contributed by atoms with Gasteiger partial charge in [0.05, 0.1) is 12.3 Å². The molecule has 8 aliphatic carbocycles. The minimum Gasteiger partial charge on any atom is -0.262 e. The van der Waals surface area contributed by atoms with Crippen molar-refractivity contribution in [2.45, 2.75) is 75.7 Å². The Kier molecular flexibility index (Phi) is 3.96. The van der Waals surface area contributed by atoms with Gasteiger partial charge in [-0.15, -0.1) is 0 Å². The quantitative estimate of drug-likeness (QED) is 0.436. The summed E-state index contributed by atoms with van der Waals surface area (Å²) >= 11 is 0. The molecule has 3 nitrogen and oxygen atoms in total. The first-order valence-electron chi connectivity index (χ1n) is 13.1. The smallest absolute Gasteiger partial charge is 0.262 e. The molecule has 0 N–H and O–H groups in total. The lowest BCUT2D eigenvalue weighted by Crippen LogP contribution is -2.53. The highest BCUT2D eigenvalue weighted by Gasteiger charge is 2.56. The molecule has 9 rings (SSSR count). The second-order valence-electron chi connectivity index (χ2n) is 11.7. The summed E-state index contributed by atoms with van der Waals surface area (Å²) in [5, 5.41) is 0. The predicted octanol–water partition coefficient (Wildman–Crippen LogP) is 5.89. The fourth-order valence-corrected chi connectivity index (χ4v) is 10.1. The number of aryl methyl sites for hydroxylation is 1. The van der Waals surface area contributed by atoms with E-state index >= 15 is 0 Å². The van der Waals surface area contributed by atoms with Crippen LogP contribution in [0.25, 0.3) is 0 Å². The molecule has 0 heterocycles. The van der Waals surface area contributed by atoms with E-state index in [-0.39, 0.29) is 16.7 Å². The number of allylic oxidation sites excluding steroid dienone is 1. The SMILES string of the molecule is [2H][C@@]1(OS(=O)(=O)c2ccc(C)cc2)[C@@H]2C[C@H]3C[C@@H](C2)C(=C2C4CC5CC(C4)CC2C5)[C@@H]1C3. The lowest BCUT2D eigenvalue weighted by molar-refractivity contribution is -0.0454. The van der Waals surface area contributed by atoms with Crippen molar-refractivity contribution in [2.24, 2.45) is 47.3 Å². The van der Waals surface area contributed by atoms with Gasteiger partial charge in [0.1, 0.15) is 0 Å². The summed E-state index contributed by atoms with van der Waals surface area (Å²) in [4.78, 5) is 0.187. The van der Waals surface area contributed by atoms with Gasteiger partial charge in [0, 0.05) is 5.92 Å². The number of hydrogen-bond acceptors (Lipinski definition) is 3. The van der Waals surface area contributed by atoms with Crippen LogP contribution in [0.5, 0.6) is 0 Å². The van der Waals surface area contributed by atoms with E-state index in [0.717, 1.165) is 36.7 Å². The van der Waals surface area contributed by atoms with Gasteiger partial charge in [-0.2, -0.15) is 8.42 Å². The molecule has 0 aliphatic heterocycles. The van der Waals surface area contributed by atoms with E-state index in [1.165, 1.54) is 44.1 Å². The molecule has 1 aromatic rings. The van der Waals surface area contributed by atoms with E-state index in [1.54, 1.807) is 17.7 Å². The third kappa shape index (κ3) is 2.96. The fraction of sp³-hybridized carbons (Fsp3) is 0.704. The first-order chi connectivity index (χ1) is 15.3. The monoisotopic (exact) mass is 439 g/mol. The third-order valence-electron chi connectivity index (χ3n) is 9.80. The van der Waals surface area contributed by atoms with Crippen LogP contribution in [0.1, 0.15) is 64.7 Å². The zero-order valence-corrected chi connectivity index (χ0v) is 19.2. The van der Waals surface area contributed by atoms with Crippen molar-refractivity contribution in [3.05, 3.63) is 41.0 Å². The van der Waals surface area contributed by atoms with Gasteiger partial charge in [-0.25, -0.2) is 0 Å². The summed E-state index contributed by atoms with van der Waals surface area (Å²) in [6, 6.07) is 6.87. The topological polar surface area (TPSA) is 43.4 Å². The Morgan fingerprint density at radius 1 is 0.774 bits per heavy atom. The Hall–Kier alpha value is -1.13. The third-order valence-corrected chi connectivity index (χ3v) is 11.1. The molecule has 166 valence electrons. The van der Waals surface area contributed by atoms with E-state index in [2.05, 4.69) is 0 Å². The Morgan fingerprint density at radius 3 is 2.00 bits per heavy atom. The maximum atomic E-state index is 13.3. The van der Waals surface area contributed by atoms with Crippen molar-refractivity contribution >= 4 is 10.1 Å². The van der Waals surface area contributed by atoms with Gasteiger partial charge in [0.15, 0.2) is 0 Å². The van der Waals surface area contributed by atoms with Crippen molar-refractivity contribution in [3.63, 3.8) is 0 Å². The summed E-state index contributed by atoms with van der Waals surface area (Å²) in [6.45, 7) is 1.95. The number of hydrogen-bond donors (Lipinski definition) is 0. The van der Waals surface area contributed by atoms with Crippen LogP contribution < -0.4 is 0 Å². The highest BCUT2D eigenvalue weighted by molar-refractivity contribution is 7.86. The maximum Gasteiger partial charge on any atom is 0.297 e. The van der Waals surface area contributed by atoms with E-state index in [9.17, 15) is 9.79 Å². The van der Waals surface area contributed by atoms with E-state index in [0.29, 0.717) is 23.7 Å². The van der Waals surface area contributed by atoms with Crippen LogP contribution in [0.3, 0.4) is 0 Å². The molecule has 0 saturated heterocycles. The molecule has 0 radical (unpaired) electrons. The summed E-state index contributed by atoms with van der Waals surface area (Å²) in [6.07, 6.45) is 9.57. The van der Waals surface area contributed by atoms with Crippen LogP contribution in [0, 0.1) is 54.3 Å². The number of benzene rings is 1. The highest BCUT2D eigenvalue weighted by Crippen LogP contribution is 2.64. The summed E-state index contributed by atoms with van der Waals surface area (Å²) in [5.74, 6) is 4.46. The summed E-state index contributed by atoms with van der Waals surface area (Å²) < 4.78 is 42.2. The van der Waals surface area contributed by atoms with Crippen LogP contribution >= 0.6 is 0 Å². The van der Waals surface area contributed by atoms with E-state index in [4.69, 9.17) is 4.18 Å². The second-order valence-corrected chi connectivity index (χ2v) is 13.3. The van der Waals surface area contributed by atoms with Crippen molar-refractivity contribution < 1.29 is 14.0 Å². The predicted molar refractivity (Wildman–Crippen MR) is 120 cm³/mol. The Labute approximate surface area is 188 Å². The fourth-order valence-electron chi connectivity index (χ4n) is 9.02. The van der Waals surface area contributed by atoms with Crippen LogP contribution in [-0.4, -0.2) is 14.5 Å². The Morgan fingerprint density at radius 2 is 1.35 bits per heavy atom. The molecule has 8 bridgehead atoms. The lowest BCUT2D eigenvalue weighted by atomic mass is 9.47. The van der Waals surface area contributed by atoms with E-state index < -0.39 is 16.2 Å². The van der Waals surface area contributed by atoms with Gasteiger partial charge in [0.25, 0.3) is 10.1 Å². The molecule has 0 aromatic heterocycles. The molecular formula is C27H34O3S.